The first-order valence-electron chi connectivity index (χ1n) is 3.24. The summed E-state index contributed by atoms with van der Waals surface area (Å²) in [4.78, 5) is 0. The van der Waals surface area contributed by atoms with Crippen molar-refractivity contribution in [2.75, 3.05) is 13.2 Å². The molecule has 0 aromatic rings. The second-order valence-electron chi connectivity index (χ2n) is 2.09. The molecule has 0 spiro atoms. The lowest BCUT2D eigenvalue weighted by Crippen LogP contribution is -2.40. The fourth-order valence-corrected chi connectivity index (χ4v) is 0.650. The van der Waals surface area contributed by atoms with Crippen LogP contribution in [-0.4, -0.2) is 35.5 Å². The molecule has 3 heteroatoms. The van der Waals surface area contributed by atoms with Gasteiger partial charge in [0.05, 0.1) is 18.8 Å². The van der Waals surface area contributed by atoms with Crippen LogP contribution in [0.1, 0.15) is 13.8 Å². The Kier molecular flexibility index (Phi) is 4.67. The Balaban J connectivity index is 3.41. The van der Waals surface area contributed by atoms with E-state index in [1.165, 1.54) is 0 Å². The predicted octanol–water partition coefficient (Wildman–Crippen LogP) is -0.662. The summed E-state index contributed by atoms with van der Waals surface area (Å²) in [6, 6.07) is -0.171. The van der Waals surface area contributed by atoms with Gasteiger partial charge in [-0.25, -0.2) is 0 Å². The van der Waals surface area contributed by atoms with Crippen LogP contribution in [0.4, 0.5) is 0 Å². The van der Waals surface area contributed by atoms with Crippen molar-refractivity contribution in [2.45, 2.75) is 26.0 Å². The molecule has 0 amide bonds. The van der Waals surface area contributed by atoms with Gasteiger partial charge in [-0.3, -0.25) is 0 Å². The van der Waals surface area contributed by atoms with Gasteiger partial charge < -0.3 is 15.5 Å². The zero-order chi connectivity index (χ0) is 7.28. The fraction of sp³-hybridized carbons (Fsp3) is 1.00. The van der Waals surface area contributed by atoms with Crippen molar-refractivity contribution >= 4 is 0 Å². The summed E-state index contributed by atoms with van der Waals surface area (Å²) in [7, 11) is 0. The molecule has 0 aliphatic rings. The van der Waals surface area contributed by atoms with E-state index in [2.05, 4.69) is 5.32 Å². The van der Waals surface area contributed by atoms with Gasteiger partial charge in [-0.15, -0.1) is 0 Å². The van der Waals surface area contributed by atoms with E-state index >= 15 is 0 Å². The Hall–Kier alpha value is -0.120. The van der Waals surface area contributed by atoms with E-state index in [9.17, 15) is 0 Å². The molecule has 0 saturated carbocycles. The predicted molar refractivity (Wildman–Crippen MR) is 36.2 cm³/mol. The Bertz CT molecular complexity index is 66.1. The maximum atomic E-state index is 8.92. The first-order valence-corrected chi connectivity index (χ1v) is 3.24. The average molecular weight is 133 g/mol. The van der Waals surface area contributed by atoms with Crippen LogP contribution in [0.2, 0.25) is 0 Å². The van der Waals surface area contributed by atoms with Crippen molar-refractivity contribution in [1.29, 1.82) is 0 Å². The van der Waals surface area contributed by atoms with Crippen molar-refractivity contribution < 1.29 is 10.2 Å². The number of aliphatic hydroxyl groups excluding tert-OH is 2. The highest BCUT2D eigenvalue weighted by Gasteiger charge is 2.10. The van der Waals surface area contributed by atoms with Crippen LogP contribution in [0, 0.1) is 0 Å². The molecule has 3 N–H and O–H groups in total. The molecule has 0 aromatic carbocycles. The molecule has 0 aromatic heterocycles. The van der Waals surface area contributed by atoms with Crippen LogP contribution in [0.3, 0.4) is 0 Å². The third kappa shape index (κ3) is 3.46. The van der Waals surface area contributed by atoms with E-state index in [1.54, 1.807) is 6.92 Å². The highest BCUT2D eigenvalue weighted by molar-refractivity contribution is 4.69. The van der Waals surface area contributed by atoms with Crippen molar-refractivity contribution in [3.63, 3.8) is 0 Å². The molecule has 1 unspecified atom stereocenters. The van der Waals surface area contributed by atoms with Gasteiger partial charge in [0.2, 0.25) is 0 Å². The minimum atomic E-state index is -0.477. The van der Waals surface area contributed by atoms with Gasteiger partial charge in [-0.1, -0.05) is 6.92 Å². The largest absolute Gasteiger partial charge is 0.395 e. The van der Waals surface area contributed by atoms with Crippen LogP contribution < -0.4 is 5.32 Å². The minimum absolute atomic E-state index is 0.00843. The highest BCUT2D eigenvalue weighted by Crippen LogP contribution is 1.89. The molecule has 0 heterocycles. The molecule has 0 aliphatic heterocycles. The smallest absolute Gasteiger partial charge is 0.0687 e. The number of hydrogen-bond acceptors (Lipinski definition) is 3. The molecular formula is C6H15NO2. The van der Waals surface area contributed by atoms with E-state index in [4.69, 9.17) is 10.2 Å². The summed E-state index contributed by atoms with van der Waals surface area (Å²) < 4.78 is 0. The zero-order valence-electron chi connectivity index (χ0n) is 5.96. The number of likely N-dealkylation sites (N-methyl/N-ethyl adjacent to an activating group) is 1. The second-order valence-corrected chi connectivity index (χ2v) is 2.09. The van der Waals surface area contributed by atoms with E-state index in [1.807, 2.05) is 6.92 Å². The van der Waals surface area contributed by atoms with Crippen LogP contribution in [0.15, 0.2) is 0 Å². The monoisotopic (exact) mass is 133 g/mol. The Morgan fingerprint density at radius 1 is 1.56 bits per heavy atom. The SMILES string of the molecule is CCNC(CO)[C@H](C)O. The lowest BCUT2D eigenvalue weighted by atomic mass is 10.2. The molecular weight excluding hydrogens is 118 g/mol. The highest BCUT2D eigenvalue weighted by atomic mass is 16.3. The van der Waals surface area contributed by atoms with Crippen molar-refractivity contribution in [1.82, 2.24) is 5.32 Å². The number of nitrogens with one attached hydrogen (secondary N) is 1. The Morgan fingerprint density at radius 3 is 2.22 bits per heavy atom. The van der Waals surface area contributed by atoms with Crippen LogP contribution in [-0.2, 0) is 0 Å². The minimum Gasteiger partial charge on any atom is -0.395 e. The quantitative estimate of drug-likeness (QED) is 0.477. The molecule has 3 nitrogen and oxygen atoms in total. The molecule has 0 saturated heterocycles. The number of rotatable bonds is 4. The van der Waals surface area contributed by atoms with Crippen LogP contribution >= 0.6 is 0 Å². The second kappa shape index (κ2) is 4.73. The van der Waals surface area contributed by atoms with E-state index in [0.717, 1.165) is 6.54 Å². The zero-order valence-corrected chi connectivity index (χ0v) is 5.96. The average Bonchev–Trinajstić information content (AvgIpc) is 1.82. The summed E-state index contributed by atoms with van der Waals surface area (Å²) in [6.07, 6.45) is -0.477. The molecule has 56 valence electrons. The van der Waals surface area contributed by atoms with Gasteiger partial charge >= 0.3 is 0 Å². The van der Waals surface area contributed by atoms with E-state index in [-0.39, 0.29) is 12.6 Å². The number of aliphatic hydroxyl groups is 2. The van der Waals surface area contributed by atoms with Crippen LogP contribution in [0.25, 0.3) is 0 Å². The lowest BCUT2D eigenvalue weighted by Gasteiger charge is -2.17. The molecule has 0 fully saturated rings. The molecule has 0 aliphatic carbocycles. The Labute approximate surface area is 55.7 Å². The van der Waals surface area contributed by atoms with E-state index in [0.29, 0.717) is 0 Å². The Morgan fingerprint density at radius 2 is 2.11 bits per heavy atom. The van der Waals surface area contributed by atoms with Gasteiger partial charge in [0.15, 0.2) is 0 Å². The van der Waals surface area contributed by atoms with Gasteiger partial charge in [-0.05, 0) is 13.5 Å². The molecule has 0 bridgehead atoms. The van der Waals surface area contributed by atoms with Gasteiger partial charge in [0, 0.05) is 0 Å². The summed E-state index contributed by atoms with van der Waals surface area (Å²) >= 11 is 0. The maximum Gasteiger partial charge on any atom is 0.0687 e. The van der Waals surface area contributed by atoms with Gasteiger partial charge in [0.25, 0.3) is 0 Å². The maximum absolute atomic E-state index is 8.92. The van der Waals surface area contributed by atoms with E-state index < -0.39 is 6.10 Å². The summed E-state index contributed by atoms with van der Waals surface area (Å²) in [5.74, 6) is 0. The van der Waals surface area contributed by atoms with Gasteiger partial charge in [-0.2, -0.15) is 0 Å². The number of hydrogen-bond donors (Lipinski definition) is 3. The lowest BCUT2D eigenvalue weighted by molar-refractivity contribution is 0.105. The first-order chi connectivity index (χ1) is 4.22. The molecule has 0 rings (SSSR count). The molecule has 2 atom stereocenters. The third-order valence-electron chi connectivity index (χ3n) is 1.25. The normalized spacial score (nSPS) is 17.3. The summed E-state index contributed by atoms with van der Waals surface area (Å²) in [5, 5.41) is 20.5. The summed E-state index contributed by atoms with van der Waals surface area (Å²) in [5.41, 5.74) is 0. The fourth-order valence-electron chi connectivity index (χ4n) is 0.650. The molecule has 9 heavy (non-hydrogen) atoms. The topological polar surface area (TPSA) is 52.5 Å². The summed E-state index contributed by atoms with van der Waals surface area (Å²) in [6.45, 7) is 4.36. The van der Waals surface area contributed by atoms with Crippen LogP contribution in [0.5, 0.6) is 0 Å². The van der Waals surface area contributed by atoms with Crippen molar-refractivity contribution in [3.8, 4) is 0 Å². The molecule has 0 radical (unpaired) electrons. The van der Waals surface area contributed by atoms with Gasteiger partial charge in [0.1, 0.15) is 0 Å². The van der Waals surface area contributed by atoms with Crippen molar-refractivity contribution in [3.05, 3.63) is 0 Å². The first kappa shape index (κ1) is 8.88. The standard InChI is InChI=1S/C6H15NO2/c1-3-7-6(4-8)5(2)9/h5-9H,3-4H2,1-2H3/t5-,6?/m0/s1. The third-order valence-corrected chi connectivity index (χ3v) is 1.25. The van der Waals surface area contributed by atoms with Crippen molar-refractivity contribution in [2.24, 2.45) is 0 Å².